The minimum Gasteiger partial charge on any atom is -0.504 e. The first-order chi connectivity index (χ1) is 14.2. The van der Waals surface area contributed by atoms with E-state index in [1.807, 2.05) is 6.07 Å². The predicted octanol–water partition coefficient (Wildman–Crippen LogP) is 3.12. The quantitative estimate of drug-likeness (QED) is 0.496. The summed E-state index contributed by atoms with van der Waals surface area (Å²) in [4.78, 5) is 7.20. The van der Waals surface area contributed by atoms with Crippen LogP contribution >= 0.6 is 0 Å². The summed E-state index contributed by atoms with van der Waals surface area (Å²) < 4.78 is 5.10. The molecule has 1 heterocycles. The predicted molar refractivity (Wildman–Crippen MR) is 117 cm³/mol. The third-order valence-corrected chi connectivity index (χ3v) is 5.18. The van der Waals surface area contributed by atoms with Gasteiger partial charge < -0.3 is 20.5 Å². The minimum absolute atomic E-state index is 0.143. The molecule has 2 aromatic rings. The summed E-state index contributed by atoms with van der Waals surface area (Å²) in [5, 5.41) is 16.8. The molecule has 3 N–H and O–H groups in total. The molecule has 1 aliphatic rings. The van der Waals surface area contributed by atoms with E-state index in [0.717, 1.165) is 50.5 Å². The van der Waals surface area contributed by atoms with Gasteiger partial charge in [-0.25, -0.2) is 4.99 Å². The van der Waals surface area contributed by atoms with Crippen LogP contribution in [0.25, 0.3) is 0 Å². The molecule has 0 aliphatic carbocycles. The van der Waals surface area contributed by atoms with Gasteiger partial charge in [-0.2, -0.15) is 0 Å². The summed E-state index contributed by atoms with van der Waals surface area (Å²) in [6.45, 7) is 6.56. The van der Waals surface area contributed by atoms with Crippen LogP contribution in [0.15, 0.2) is 53.5 Å². The van der Waals surface area contributed by atoms with Gasteiger partial charge in [0.2, 0.25) is 0 Å². The molecule has 6 nitrogen and oxygen atoms in total. The van der Waals surface area contributed by atoms with Gasteiger partial charge in [-0.1, -0.05) is 36.4 Å². The van der Waals surface area contributed by atoms with Crippen LogP contribution in [0.3, 0.4) is 0 Å². The molecule has 0 atom stereocenters. The summed E-state index contributed by atoms with van der Waals surface area (Å²) in [5.41, 5.74) is 2.31. The van der Waals surface area contributed by atoms with Gasteiger partial charge >= 0.3 is 0 Å². The number of rotatable bonds is 7. The highest BCUT2D eigenvalue weighted by Crippen LogP contribution is 2.26. The number of aliphatic imine (C=N–C) groups is 1. The first kappa shape index (κ1) is 21.0. The van der Waals surface area contributed by atoms with Crippen molar-refractivity contribution < 1.29 is 9.84 Å². The van der Waals surface area contributed by atoms with Gasteiger partial charge in [0.1, 0.15) is 0 Å². The zero-order chi connectivity index (χ0) is 20.5. The second-order valence-corrected chi connectivity index (χ2v) is 7.38. The number of phenolic OH excluding ortho intramolecular Hbond substituents is 1. The van der Waals surface area contributed by atoms with Crippen molar-refractivity contribution in [3.63, 3.8) is 0 Å². The maximum absolute atomic E-state index is 9.94. The van der Waals surface area contributed by atoms with Crippen LogP contribution in [0.4, 0.5) is 0 Å². The fraction of sp³-hybridized carbons (Fsp3) is 0.435. The van der Waals surface area contributed by atoms with Crippen LogP contribution in [0.5, 0.6) is 11.5 Å². The van der Waals surface area contributed by atoms with Crippen molar-refractivity contribution in [2.24, 2.45) is 4.99 Å². The SMILES string of the molecule is CCNC(=NCc1ccc(OC)c(O)c1)NC1CCN(Cc2ccccc2)CC1. The van der Waals surface area contributed by atoms with Gasteiger partial charge in [0.25, 0.3) is 0 Å². The third kappa shape index (κ3) is 6.39. The third-order valence-electron chi connectivity index (χ3n) is 5.18. The van der Waals surface area contributed by atoms with E-state index in [9.17, 15) is 5.11 Å². The second kappa shape index (κ2) is 10.7. The van der Waals surface area contributed by atoms with Gasteiger partial charge in [0, 0.05) is 32.2 Å². The lowest BCUT2D eigenvalue weighted by molar-refractivity contribution is 0.198. The highest BCUT2D eigenvalue weighted by Gasteiger charge is 2.20. The number of likely N-dealkylation sites (tertiary alicyclic amines) is 1. The van der Waals surface area contributed by atoms with Crippen LogP contribution in [0.2, 0.25) is 0 Å². The van der Waals surface area contributed by atoms with Gasteiger partial charge in [0.15, 0.2) is 17.5 Å². The van der Waals surface area contributed by atoms with E-state index >= 15 is 0 Å². The molecular weight excluding hydrogens is 364 g/mol. The number of benzene rings is 2. The number of ether oxygens (including phenoxy) is 1. The second-order valence-electron chi connectivity index (χ2n) is 7.38. The van der Waals surface area contributed by atoms with Crippen LogP contribution < -0.4 is 15.4 Å². The van der Waals surface area contributed by atoms with Crippen molar-refractivity contribution in [2.75, 3.05) is 26.7 Å². The number of hydrogen-bond donors (Lipinski definition) is 3. The number of hydrogen-bond acceptors (Lipinski definition) is 4. The van der Waals surface area contributed by atoms with E-state index in [1.165, 1.54) is 5.56 Å². The topological polar surface area (TPSA) is 69.1 Å². The fourth-order valence-corrected chi connectivity index (χ4v) is 3.59. The van der Waals surface area contributed by atoms with Crippen molar-refractivity contribution >= 4 is 5.96 Å². The molecule has 2 aromatic carbocycles. The fourth-order valence-electron chi connectivity index (χ4n) is 3.59. The average molecular weight is 397 g/mol. The van der Waals surface area contributed by atoms with Gasteiger partial charge in [0.05, 0.1) is 13.7 Å². The Labute approximate surface area is 173 Å². The Morgan fingerprint density at radius 1 is 1.14 bits per heavy atom. The molecule has 6 heteroatoms. The van der Waals surface area contributed by atoms with Crippen molar-refractivity contribution in [3.8, 4) is 11.5 Å². The molecule has 1 fully saturated rings. The number of piperidine rings is 1. The van der Waals surface area contributed by atoms with Crippen LogP contribution in [-0.2, 0) is 13.1 Å². The van der Waals surface area contributed by atoms with Crippen molar-refractivity contribution in [3.05, 3.63) is 59.7 Å². The molecule has 0 saturated carbocycles. The van der Waals surface area contributed by atoms with Crippen molar-refractivity contribution in [1.29, 1.82) is 0 Å². The van der Waals surface area contributed by atoms with Crippen LogP contribution in [0.1, 0.15) is 30.9 Å². The Bertz CT molecular complexity index is 787. The van der Waals surface area contributed by atoms with Gasteiger partial charge in [-0.3, -0.25) is 4.90 Å². The molecule has 3 rings (SSSR count). The Kier molecular flexibility index (Phi) is 7.76. The molecule has 0 spiro atoms. The molecule has 1 aliphatic heterocycles. The summed E-state index contributed by atoms with van der Waals surface area (Å²) in [7, 11) is 1.55. The Morgan fingerprint density at radius 3 is 2.55 bits per heavy atom. The highest BCUT2D eigenvalue weighted by atomic mass is 16.5. The molecule has 0 radical (unpaired) electrons. The first-order valence-corrected chi connectivity index (χ1v) is 10.3. The number of guanidine groups is 1. The molecule has 0 unspecified atom stereocenters. The van der Waals surface area contributed by atoms with Crippen LogP contribution in [0, 0.1) is 0 Å². The van der Waals surface area contributed by atoms with Crippen molar-refractivity contribution in [1.82, 2.24) is 15.5 Å². The summed E-state index contributed by atoms with van der Waals surface area (Å²) in [6.07, 6.45) is 2.20. The normalized spacial score (nSPS) is 15.9. The number of methoxy groups -OCH3 is 1. The largest absolute Gasteiger partial charge is 0.504 e. The van der Waals surface area contributed by atoms with E-state index in [2.05, 4.69) is 52.8 Å². The highest BCUT2D eigenvalue weighted by molar-refractivity contribution is 5.80. The molecule has 0 bridgehead atoms. The monoisotopic (exact) mass is 396 g/mol. The molecule has 1 saturated heterocycles. The zero-order valence-corrected chi connectivity index (χ0v) is 17.4. The lowest BCUT2D eigenvalue weighted by Crippen LogP contribution is -2.48. The lowest BCUT2D eigenvalue weighted by Gasteiger charge is -2.33. The van der Waals surface area contributed by atoms with E-state index < -0.39 is 0 Å². The maximum atomic E-state index is 9.94. The average Bonchev–Trinajstić information content (AvgIpc) is 2.74. The molecule has 0 aromatic heterocycles. The van der Waals surface area contributed by atoms with E-state index in [-0.39, 0.29) is 5.75 Å². The van der Waals surface area contributed by atoms with Gasteiger partial charge in [-0.05, 0) is 43.0 Å². The van der Waals surface area contributed by atoms with E-state index in [1.54, 1.807) is 19.2 Å². The summed E-state index contributed by atoms with van der Waals surface area (Å²) in [5.74, 6) is 1.44. The summed E-state index contributed by atoms with van der Waals surface area (Å²) in [6, 6.07) is 16.5. The Balaban J connectivity index is 1.51. The van der Waals surface area contributed by atoms with Crippen molar-refractivity contribution in [2.45, 2.75) is 38.9 Å². The Hall–Kier alpha value is -2.73. The smallest absolute Gasteiger partial charge is 0.191 e. The number of phenols is 1. The number of aromatic hydroxyl groups is 1. The molecule has 156 valence electrons. The lowest BCUT2D eigenvalue weighted by atomic mass is 10.0. The number of nitrogens with one attached hydrogen (secondary N) is 2. The minimum atomic E-state index is 0.143. The zero-order valence-electron chi connectivity index (χ0n) is 17.4. The first-order valence-electron chi connectivity index (χ1n) is 10.3. The Morgan fingerprint density at radius 2 is 1.90 bits per heavy atom. The molecular formula is C23H32N4O2. The van der Waals surface area contributed by atoms with Crippen LogP contribution in [-0.4, -0.2) is 48.8 Å². The molecule has 0 amide bonds. The molecule has 29 heavy (non-hydrogen) atoms. The summed E-state index contributed by atoms with van der Waals surface area (Å²) >= 11 is 0. The van der Waals surface area contributed by atoms with E-state index in [0.29, 0.717) is 18.3 Å². The number of nitrogens with zero attached hydrogens (tertiary/aromatic N) is 2. The standard InChI is InChI=1S/C23H32N4O2/c1-3-24-23(25-16-19-9-10-22(29-2)21(28)15-19)26-20-11-13-27(14-12-20)17-18-7-5-4-6-8-18/h4-10,15,20,28H,3,11-14,16-17H2,1-2H3,(H2,24,25,26). The maximum Gasteiger partial charge on any atom is 0.191 e. The van der Waals surface area contributed by atoms with Gasteiger partial charge in [-0.15, -0.1) is 0 Å². The van der Waals surface area contributed by atoms with E-state index in [4.69, 9.17) is 9.73 Å².